The van der Waals surface area contributed by atoms with Gasteiger partial charge in [0.15, 0.2) is 9.84 Å². The maximum Gasteiger partial charge on any atom is 0.573 e. The molecule has 4 nitrogen and oxygen atoms in total. The fourth-order valence-electron chi connectivity index (χ4n) is 3.98. The van der Waals surface area contributed by atoms with Gasteiger partial charge in [0.2, 0.25) is 0 Å². The van der Waals surface area contributed by atoms with Crippen molar-refractivity contribution < 1.29 is 31.1 Å². The highest BCUT2D eigenvalue weighted by Crippen LogP contribution is 2.39. The first kappa shape index (κ1) is 28.7. The van der Waals surface area contributed by atoms with Gasteiger partial charge >= 0.3 is 6.36 Å². The van der Waals surface area contributed by atoms with Gasteiger partial charge in [-0.25, -0.2) is 8.42 Å². The first-order valence-electron chi connectivity index (χ1n) is 11.8. The molecule has 0 amide bonds. The van der Waals surface area contributed by atoms with Crippen LogP contribution in [0.3, 0.4) is 0 Å². The Morgan fingerprint density at radius 2 is 1.46 bits per heavy atom. The van der Waals surface area contributed by atoms with Gasteiger partial charge in [-0.1, -0.05) is 68.8 Å². The molecule has 37 heavy (non-hydrogen) atoms. The number of hydrogen-bond donors (Lipinski definition) is 0. The number of alkyl halides is 3. The Morgan fingerprint density at radius 1 is 0.892 bits per heavy atom. The summed E-state index contributed by atoms with van der Waals surface area (Å²) in [6.45, 7) is 5.51. The summed E-state index contributed by atoms with van der Waals surface area (Å²) >= 11 is 6.44. The van der Waals surface area contributed by atoms with Gasteiger partial charge in [-0.05, 0) is 53.3 Å². The lowest BCUT2D eigenvalue weighted by Gasteiger charge is -2.17. The van der Waals surface area contributed by atoms with Crippen LogP contribution in [-0.4, -0.2) is 26.3 Å². The van der Waals surface area contributed by atoms with Gasteiger partial charge in [0.25, 0.3) is 0 Å². The largest absolute Gasteiger partial charge is 0.573 e. The Hall–Kier alpha value is -2.84. The Labute approximate surface area is 220 Å². The molecule has 0 N–H and O–H groups in total. The van der Waals surface area contributed by atoms with Gasteiger partial charge in [0.1, 0.15) is 11.5 Å². The van der Waals surface area contributed by atoms with E-state index in [4.69, 9.17) is 11.6 Å². The lowest BCUT2D eigenvalue weighted by atomic mass is 9.96. The number of Topliss-reactive ketones (excluding diaryl/α,β-unsaturated/α-hetero) is 1. The second-order valence-corrected chi connectivity index (χ2v) is 11.9. The Balaban J connectivity index is 1.79. The fourth-order valence-corrected chi connectivity index (χ4v) is 5.17. The molecule has 0 saturated heterocycles. The van der Waals surface area contributed by atoms with Crippen molar-refractivity contribution in [3.8, 4) is 16.9 Å². The Bertz CT molecular complexity index is 1370. The number of ether oxygens (including phenoxy) is 1. The Morgan fingerprint density at radius 3 is 2.03 bits per heavy atom. The van der Waals surface area contributed by atoms with Crippen molar-refractivity contribution in [3.05, 3.63) is 82.4 Å². The molecule has 0 aliphatic rings. The number of hydrogen-bond acceptors (Lipinski definition) is 4. The summed E-state index contributed by atoms with van der Waals surface area (Å²) < 4.78 is 67.5. The van der Waals surface area contributed by atoms with Gasteiger partial charge in [-0.3, -0.25) is 4.79 Å². The molecule has 3 rings (SSSR count). The van der Waals surface area contributed by atoms with E-state index in [9.17, 15) is 26.4 Å². The van der Waals surface area contributed by atoms with E-state index in [-0.39, 0.29) is 51.5 Å². The molecule has 0 spiro atoms. The average molecular weight is 553 g/mol. The van der Waals surface area contributed by atoms with Crippen LogP contribution in [0.5, 0.6) is 5.75 Å². The van der Waals surface area contributed by atoms with Crippen LogP contribution in [0.15, 0.2) is 65.6 Å². The van der Waals surface area contributed by atoms with Gasteiger partial charge in [-0.15, -0.1) is 13.2 Å². The molecular weight excluding hydrogens is 525 g/mol. The average Bonchev–Trinajstić information content (AvgIpc) is 2.79. The first-order chi connectivity index (χ1) is 17.3. The molecule has 0 unspecified atom stereocenters. The predicted molar refractivity (Wildman–Crippen MR) is 139 cm³/mol. The number of sulfone groups is 1. The van der Waals surface area contributed by atoms with Crippen LogP contribution in [0.1, 0.15) is 37.5 Å². The van der Waals surface area contributed by atoms with E-state index >= 15 is 0 Å². The second kappa shape index (κ2) is 11.7. The number of ketones is 1. The molecule has 198 valence electrons. The minimum absolute atomic E-state index is 0.00601. The van der Waals surface area contributed by atoms with E-state index in [2.05, 4.69) is 4.74 Å². The van der Waals surface area contributed by atoms with E-state index in [1.165, 1.54) is 18.2 Å². The normalized spacial score (nSPS) is 12.1. The SMILES string of the molecule is CCS(=O)(=O)c1ccc(CC(=O)Cc2ccc(-c3ccc(CC(C)C)cc3OC(F)(F)F)c(Cl)c2)cc1. The molecule has 0 fully saturated rings. The van der Waals surface area contributed by atoms with Gasteiger partial charge in [-0.2, -0.15) is 0 Å². The third kappa shape index (κ3) is 8.07. The van der Waals surface area contributed by atoms with E-state index in [1.807, 2.05) is 13.8 Å². The summed E-state index contributed by atoms with van der Waals surface area (Å²) in [7, 11) is -3.32. The lowest BCUT2D eigenvalue weighted by Crippen LogP contribution is -2.18. The zero-order valence-electron chi connectivity index (χ0n) is 20.7. The zero-order valence-corrected chi connectivity index (χ0v) is 22.3. The summed E-state index contributed by atoms with van der Waals surface area (Å²) in [5.41, 5.74) is 2.57. The molecule has 0 aliphatic carbocycles. The highest BCUT2D eigenvalue weighted by molar-refractivity contribution is 7.91. The smallest absolute Gasteiger partial charge is 0.405 e. The molecule has 0 aliphatic heterocycles. The number of carbonyl (C=O) groups is 1. The molecule has 3 aromatic rings. The van der Waals surface area contributed by atoms with Crippen molar-refractivity contribution in [2.45, 2.75) is 51.3 Å². The maximum atomic E-state index is 13.1. The molecule has 0 aromatic heterocycles. The van der Waals surface area contributed by atoms with Crippen molar-refractivity contribution >= 4 is 27.2 Å². The summed E-state index contributed by atoms with van der Waals surface area (Å²) in [6, 6.07) is 15.7. The summed E-state index contributed by atoms with van der Waals surface area (Å²) in [5.74, 6) is -0.195. The quantitative estimate of drug-likeness (QED) is 0.266. The van der Waals surface area contributed by atoms with Gasteiger partial charge in [0, 0.05) is 29.0 Å². The van der Waals surface area contributed by atoms with E-state index in [0.29, 0.717) is 23.1 Å². The molecule has 0 bridgehead atoms. The highest BCUT2D eigenvalue weighted by Gasteiger charge is 2.32. The lowest BCUT2D eigenvalue weighted by molar-refractivity contribution is -0.274. The minimum Gasteiger partial charge on any atom is -0.405 e. The summed E-state index contributed by atoms with van der Waals surface area (Å²) in [6.07, 6.45) is -4.09. The monoisotopic (exact) mass is 552 g/mol. The first-order valence-corrected chi connectivity index (χ1v) is 13.8. The molecule has 9 heteroatoms. The van der Waals surface area contributed by atoms with Crippen LogP contribution in [0.2, 0.25) is 5.02 Å². The van der Waals surface area contributed by atoms with E-state index < -0.39 is 16.2 Å². The number of carbonyl (C=O) groups excluding carboxylic acids is 1. The van der Waals surface area contributed by atoms with E-state index in [0.717, 1.165) is 5.56 Å². The third-order valence-electron chi connectivity index (χ3n) is 5.70. The van der Waals surface area contributed by atoms with Crippen LogP contribution in [0.4, 0.5) is 13.2 Å². The van der Waals surface area contributed by atoms with Crippen LogP contribution in [-0.2, 0) is 33.9 Å². The van der Waals surface area contributed by atoms with Gasteiger partial charge < -0.3 is 4.74 Å². The predicted octanol–water partition coefficient (Wildman–Crippen LogP) is 7.25. The van der Waals surface area contributed by atoms with Crippen molar-refractivity contribution in [3.63, 3.8) is 0 Å². The molecule has 3 aromatic carbocycles. The topological polar surface area (TPSA) is 60.4 Å². The maximum absolute atomic E-state index is 13.1. The standard InChI is InChI=1S/C28H28ClF3O4S/c1-4-37(34,35)23-9-5-19(6-10-23)14-22(33)15-21-7-11-24(26(29)16-21)25-12-8-20(13-18(2)3)17-27(25)36-28(30,31)32/h5-12,16-18H,4,13-15H2,1-3H3. The molecule has 0 heterocycles. The fraction of sp³-hybridized carbons (Fsp3) is 0.321. The van der Waals surface area contributed by atoms with Gasteiger partial charge in [0.05, 0.1) is 10.6 Å². The minimum atomic E-state index is -4.86. The number of benzene rings is 3. The molecule has 0 radical (unpaired) electrons. The summed E-state index contributed by atoms with van der Waals surface area (Å²) in [5, 5.41) is 0.197. The Kier molecular flexibility index (Phi) is 9.08. The number of halogens is 4. The third-order valence-corrected chi connectivity index (χ3v) is 7.77. The van der Waals surface area contributed by atoms with Crippen molar-refractivity contribution in [2.24, 2.45) is 5.92 Å². The highest BCUT2D eigenvalue weighted by atomic mass is 35.5. The van der Waals surface area contributed by atoms with Crippen LogP contribution >= 0.6 is 11.6 Å². The van der Waals surface area contributed by atoms with Crippen LogP contribution in [0, 0.1) is 5.92 Å². The second-order valence-electron chi connectivity index (χ2n) is 9.23. The van der Waals surface area contributed by atoms with Crippen LogP contribution in [0.25, 0.3) is 11.1 Å². The van der Waals surface area contributed by atoms with Crippen LogP contribution < -0.4 is 4.74 Å². The zero-order chi connectivity index (χ0) is 27.4. The van der Waals surface area contributed by atoms with Crippen molar-refractivity contribution in [2.75, 3.05) is 5.75 Å². The van der Waals surface area contributed by atoms with Crippen molar-refractivity contribution in [1.82, 2.24) is 0 Å². The summed E-state index contributed by atoms with van der Waals surface area (Å²) in [4.78, 5) is 12.8. The molecule has 0 saturated carbocycles. The van der Waals surface area contributed by atoms with Crippen molar-refractivity contribution in [1.29, 1.82) is 0 Å². The van der Waals surface area contributed by atoms with E-state index in [1.54, 1.807) is 49.4 Å². The number of rotatable bonds is 10. The molecular formula is C28H28ClF3O4S. The molecule has 0 atom stereocenters.